The predicted molar refractivity (Wildman–Crippen MR) is 78.3 cm³/mol. The van der Waals surface area contributed by atoms with Gasteiger partial charge in [-0.3, -0.25) is 0 Å². The van der Waals surface area contributed by atoms with Crippen molar-refractivity contribution in [1.29, 1.82) is 0 Å². The van der Waals surface area contributed by atoms with Gasteiger partial charge in [-0.15, -0.1) is 0 Å². The summed E-state index contributed by atoms with van der Waals surface area (Å²) < 4.78 is 0. The Bertz CT molecular complexity index is 494. The van der Waals surface area contributed by atoms with Crippen LogP contribution in [0.3, 0.4) is 0 Å². The Kier molecular flexibility index (Phi) is 4.49. The van der Waals surface area contributed by atoms with Crippen LogP contribution in [0.25, 0.3) is 0 Å². The minimum absolute atomic E-state index is 0.266. The average Bonchev–Trinajstić information content (AvgIpc) is 2.32. The van der Waals surface area contributed by atoms with Crippen LogP contribution < -0.4 is 0 Å². The fourth-order valence-electron chi connectivity index (χ4n) is 1.65. The quantitative estimate of drug-likeness (QED) is 0.636. The number of alkyl halides is 1. The molecule has 2 aromatic carbocycles. The van der Waals surface area contributed by atoms with Crippen LogP contribution in [-0.2, 0) is 6.42 Å². The average molecular weight is 330 g/mol. The SMILES string of the molecule is Clc1ccc(CC(Br)c2cccc(Cl)c2)cc1. The first-order valence-corrected chi connectivity index (χ1v) is 6.96. The zero-order valence-corrected chi connectivity index (χ0v) is 12.1. The molecule has 0 nitrogen and oxygen atoms in total. The molecule has 2 rings (SSSR count). The van der Waals surface area contributed by atoms with Crippen molar-refractivity contribution in [1.82, 2.24) is 0 Å². The van der Waals surface area contributed by atoms with Crippen molar-refractivity contribution in [3.05, 3.63) is 69.7 Å². The number of rotatable bonds is 3. The fraction of sp³-hybridized carbons (Fsp3) is 0.143. The van der Waals surface area contributed by atoms with Gasteiger partial charge < -0.3 is 0 Å². The summed E-state index contributed by atoms with van der Waals surface area (Å²) in [5.41, 5.74) is 2.43. The van der Waals surface area contributed by atoms with E-state index < -0.39 is 0 Å². The molecule has 0 aliphatic rings. The molecule has 0 fully saturated rings. The highest BCUT2D eigenvalue weighted by atomic mass is 79.9. The Labute approximate surface area is 120 Å². The largest absolute Gasteiger partial charge is 0.0843 e. The van der Waals surface area contributed by atoms with Crippen molar-refractivity contribution >= 4 is 39.1 Å². The Morgan fingerprint density at radius 1 is 0.941 bits per heavy atom. The van der Waals surface area contributed by atoms with E-state index in [1.54, 1.807) is 0 Å². The summed E-state index contributed by atoms with van der Waals surface area (Å²) in [5, 5.41) is 1.53. The fourth-order valence-corrected chi connectivity index (χ4v) is 2.63. The Hall–Kier alpha value is -0.500. The Morgan fingerprint density at radius 3 is 2.29 bits per heavy atom. The predicted octanol–water partition coefficient (Wildman–Crippen LogP) is 5.67. The summed E-state index contributed by atoms with van der Waals surface area (Å²) in [6.07, 6.45) is 0.914. The highest BCUT2D eigenvalue weighted by Gasteiger charge is 2.08. The van der Waals surface area contributed by atoms with Crippen LogP contribution in [0, 0.1) is 0 Å². The van der Waals surface area contributed by atoms with Gasteiger partial charge in [0, 0.05) is 14.9 Å². The van der Waals surface area contributed by atoms with Gasteiger partial charge in [-0.1, -0.05) is 63.4 Å². The van der Waals surface area contributed by atoms with Gasteiger partial charge in [0.05, 0.1) is 0 Å². The van der Waals surface area contributed by atoms with Crippen molar-refractivity contribution < 1.29 is 0 Å². The van der Waals surface area contributed by atoms with Gasteiger partial charge >= 0.3 is 0 Å². The molecular weight excluding hydrogens is 319 g/mol. The van der Waals surface area contributed by atoms with E-state index in [0.29, 0.717) is 0 Å². The van der Waals surface area contributed by atoms with Crippen molar-refractivity contribution in [3.8, 4) is 0 Å². The molecular formula is C14H11BrCl2. The summed E-state index contributed by atoms with van der Waals surface area (Å²) in [5.74, 6) is 0. The molecule has 2 aromatic rings. The zero-order valence-electron chi connectivity index (χ0n) is 9.04. The van der Waals surface area contributed by atoms with Gasteiger partial charge in [-0.05, 0) is 41.8 Å². The number of halogens is 3. The molecule has 0 aromatic heterocycles. The zero-order chi connectivity index (χ0) is 12.3. The van der Waals surface area contributed by atoms with Gasteiger partial charge in [0.25, 0.3) is 0 Å². The molecule has 0 saturated carbocycles. The highest BCUT2D eigenvalue weighted by molar-refractivity contribution is 9.09. The smallest absolute Gasteiger partial charge is 0.0436 e. The van der Waals surface area contributed by atoms with Crippen LogP contribution >= 0.6 is 39.1 Å². The maximum atomic E-state index is 5.97. The van der Waals surface area contributed by atoms with Gasteiger partial charge in [-0.2, -0.15) is 0 Å². The lowest BCUT2D eigenvalue weighted by molar-refractivity contribution is 0.949. The third-order valence-electron chi connectivity index (χ3n) is 2.54. The van der Waals surface area contributed by atoms with E-state index in [2.05, 4.69) is 22.0 Å². The number of benzene rings is 2. The molecule has 0 amide bonds. The van der Waals surface area contributed by atoms with Crippen molar-refractivity contribution in [2.24, 2.45) is 0 Å². The van der Waals surface area contributed by atoms with Crippen LogP contribution in [0.1, 0.15) is 16.0 Å². The summed E-state index contributed by atoms with van der Waals surface area (Å²) in [6.45, 7) is 0. The molecule has 0 bridgehead atoms. The molecule has 88 valence electrons. The highest BCUT2D eigenvalue weighted by Crippen LogP contribution is 2.29. The van der Waals surface area contributed by atoms with E-state index in [1.807, 2.05) is 42.5 Å². The van der Waals surface area contributed by atoms with Crippen LogP contribution in [0.15, 0.2) is 48.5 Å². The van der Waals surface area contributed by atoms with E-state index in [9.17, 15) is 0 Å². The molecule has 0 aliphatic heterocycles. The third-order valence-corrected chi connectivity index (χ3v) is 3.88. The van der Waals surface area contributed by atoms with E-state index in [0.717, 1.165) is 16.5 Å². The molecule has 0 heterocycles. The second-order valence-corrected chi connectivity index (χ2v) is 5.83. The van der Waals surface area contributed by atoms with Crippen molar-refractivity contribution in [3.63, 3.8) is 0 Å². The topological polar surface area (TPSA) is 0 Å². The van der Waals surface area contributed by atoms with E-state index in [1.165, 1.54) is 11.1 Å². The van der Waals surface area contributed by atoms with Crippen LogP contribution in [0.5, 0.6) is 0 Å². The van der Waals surface area contributed by atoms with Crippen LogP contribution in [-0.4, -0.2) is 0 Å². The lowest BCUT2D eigenvalue weighted by Gasteiger charge is -2.10. The van der Waals surface area contributed by atoms with E-state index in [-0.39, 0.29) is 4.83 Å². The van der Waals surface area contributed by atoms with Gasteiger partial charge in [0.2, 0.25) is 0 Å². The second kappa shape index (κ2) is 5.90. The molecule has 0 radical (unpaired) electrons. The first-order chi connectivity index (χ1) is 8.15. The summed E-state index contributed by atoms with van der Waals surface area (Å²) in [4.78, 5) is 0.266. The lowest BCUT2D eigenvalue weighted by Crippen LogP contribution is -1.95. The van der Waals surface area contributed by atoms with Gasteiger partial charge in [0.15, 0.2) is 0 Å². The normalized spacial score (nSPS) is 12.4. The Morgan fingerprint density at radius 2 is 1.65 bits per heavy atom. The molecule has 0 N–H and O–H groups in total. The molecule has 17 heavy (non-hydrogen) atoms. The van der Waals surface area contributed by atoms with E-state index >= 15 is 0 Å². The number of hydrogen-bond donors (Lipinski definition) is 0. The summed E-state index contributed by atoms with van der Waals surface area (Å²) >= 11 is 15.5. The second-order valence-electron chi connectivity index (χ2n) is 3.85. The summed E-state index contributed by atoms with van der Waals surface area (Å²) in [7, 11) is 0. The molecule has 1 atom stereocenters. The molecule has 0 saturated heterocycles. The molecule has 1 unspecified atom stereocenters. The van der Waals surface area contributed by atoms with Crippen LogP contribution in [0.4, 0.5) is 0 Å². The molecule has 0 spiro atoms. The van der Waals surface area contributed by atoms with Crippen molar-refractivity contribution in [2.45, 2.75) is 11.2 Å². The van der Waals surface area contributed by atoms with E-state index in [4.69, 9.17) is 23.2 Å². The van der Waals surface area contributed by atoms with Crippen LogP contribution in [0.2, 0.25) is 10.0 Å². The first-order valence-electron chi connectivity index (χ1n) is 5.29. The molecule has 3 heteroatoms. The molecule has 0 aliphatic carbocycles. The van der Waals surface area contributed by atoms with Gasteiger partial charge in [0.1, 0.15) is 0 Å². The number of hydrogen-bond acceptors (Lipinski definition) is 0. The van der Waals surface area contributed by atoms with Crippen molar-refractivity contribution in [2.75, 3.05) is 0 Å². The Balaban J connectivity index is 2.11. The minimum atomic E-state index is 0.266. The standard InChI is InChI=1S/C14H11BrCl2/c15-14(11-2-1-3-13(17)9-11)8-10-4-6-12(16)7-5-10/h1-7,9,14H,8H2. The summed E-state index contributed by atoms with van der Waals surface area (Å²) in [6, 6.07) is 15.8. The minimum Gasteiger partial charge on any atom is -0.0843 e. The lowest BCUT2D eigenvalue weighted by atomic mass is 10.0. The maximum absolute atomic E-state index is 5.97. The first kappa shape index (κ1) is 12.9. The third kappa shape index (κ3) is 3.74. The monoisotopic (exact) mass is 328 g/mol. The van der Waals surface area contributed by atoms with Gasteiger partial charge in [-0.25, -0.2) is 0 Å². The maximum Gasteiger partial charge on any atom is 0.0436 e.